The molecule has 0 amide bonds. The monoisotopic (exact) mass is 416 g/mol. The molecule has 5 rings (SSSR count). The Kier molecular flexibility index (Phi) is 12.0. The SMILES string of the molecule is C.C.C=C.CC.CC.CC12CCCC1C1CCC3=CC(=C4CC4)CCC3(C)C1CC2. The molecule has 0 radical (unpaired) electrons. The van der Waals surface area contributed by atoms with Crippen LogP contribution in [0.3, 0.4) is 0 Å². The van der Waals surface area contributed by atoms with Crippen LogP contribution in [0.1, 0.15) is 127 Å². The minimum Gasteiger partial charge on any atom is -0.106 e. The largest absolute Gasteiger partial charge is 0.106 e. The highest BCUT2D eigenvalue weighted by molar-refractivity contribution is 5.41. The van der Waals surface area contributed by atoms with Crippen LogP contribution in [0.5, 0.6) is 0 Å². The molecule has 4 saturated carbocycles. The van der Waals surface area contributed by atoms with Crippen LogP contribution in [-0.2, 0) is 0 Å². The highest BCUT2D eigenvalue weighted by atomic mass is 14.6. The van der Waals surface area contributed by atoms with Gasteiger partial charge in [-0.3, -0.25) is 0 Å². The summed E-state index contributed by atoms with van der Waals surface area (Å²) in [7, 11) is 0. The maximum absolute atomic E-state index is 3.00. The molecular weight excluding hydrogens is 360 g/mol. The van der Waals surface area contributed by atoms with E-state index in [9.17, 15) is 0 Å². The van der Waals surface area contributed by atoms with Crippen LogP contribution in [0, 0.1) is 28.6 Å². The van der Waals surface area contributed by atoms with E-state index in [1.54, 1.807) is 17.6 Å². The lowest BCUT2D eigenvalue weighted by molar-refractivity contribution is -0.0345. The maximum atomic E-state index is 3.00. The summed E-state index contributed by atoms with van der Waals surface area (Å²) in [6, 6.07) is 0. The van der Waals surface area contributed by atoms with Gasteiger partial charge in [0.2, 0.25) is 0 Å². The van der Waals surface area contributed by atoms with Crippen LogP contribution < -0.4 is 0 Å². The topological polar surface area (TPSA) is 0 Å². The summed E-state index contributed by atoms with van der Waals surface area (Å²) < 4.78 is 0. The van der Waals surface area contributed by atoms with Crippen molar-refractivity contribution < 1.29 is 0 Å². The molecule has 0 aromatic carbocycles. The predicted molar refractivity (Wildman–Crippen MR) is 140 cm³/mol. The van der Waals surface area contributed by atoms with Crippen LogP contribution in [0.15, 0.2) is 36.0 Å². The molecule has 4 fully saturated rings. The van der Waals surface area contributed by atoms with Gasteiger partial charge in [-0.25, -0.2) is 0 Å². The minimum atomic E-state index is 0. The van der Waals surface area contributed by atoms with Gasteiger partial charge in [-0.15, -0.1) is 13.2 Å². The third-order valence-corrected chi connectivity index (χ3v) is 8.73. The Balaban J connectivity index is 0.000000974. The molecule has 0 N–H and O–H groups in total. The standard InChI is InChI=1S/C22H32.2C2H6.C2H4.2CH4/c1-21-11-3-4-19(21)18-8-7-17-14-16(15-5-6-15)9-13-22(17,2)20(18)10-12-21;3*1-2;;/h14,18-20H,3-13H2,1-2H3;2*1-2H3;1-2H2;2*1H4. The summed E-state index contributed by atoms with van der Waals surface area (Å²) in [5.41, 5.74) is 6.69. The minimum absolute atomic E-state index is 0. The second-order valence-electron chi connectivity index (χ2n) is 9.72. The molecule has 176 valence electrons. The van der Waals surface area contributed by atoms with Crippen molar-refractivity contribution in [3.05, 3.63) is 36.0 Å². The summed E-state index contributed by atoms with van der Waals surface area (Å²) in [4.78, 5) is 0. The van der Waals surface area contributed by atoms with Crippen molar-refractivity contribution in [2.45, 2.75) is 127 Å². The van der Waals surface area contributed by atoms with Crippen LogP contribution in [-0.4, -0.2) is 0 Å². The molecule has 30 heavy (non-hydrogen) atoms. The second kappa shape index (κ2) is 12.3. The Hall–Kier alpha value is -0.780. The van der Waals surface area contributed by atoms with Crippen LogP contribution >= 0.6 is 0 Å². The Labute approximate surface area is 191 Å². The van der Waals surface area contributed by atoms with Gasteiger partial charge in [-0.05, 0) is 98.4 Å². The van der Waals surface area contributed by atoms with Crippen molar-refractivity contribution in [1.29, 1.82) is 0 Å². The lowest BCUT2D eigenvalue weighted by Crippen LogP contribution is -2.48. The highest BCUT2D eigenvalue weighted by Crippen LogP contribution is 2.65. The van der Waals surface area contributed by atoms with Gasteiger partial charge in [0.15, 0.2) is 0 Å². The van der Waals surface area contributed by atoms with Crippen molar-refractivity contribution in [2.75, 3.05) is 0 Å². The predicted octanol–water partition coefficient (Wildman–Crippen LogP) is 10.6. The first-order valence-corrected chi connectivity index (χ1v) is 12.5. The molecule has 0 aromatic rings. The highest BCUT2D eigenvalue weighted by Gasteiger charge is 2.55. The van der Waals surface area contributed by atoms with E-state index in [0.29, 0.717) is 10.8 Å². The molecule has 5 aliphatic rings. The lowest BCUT2D eigenvalue weighted by Gasteiger charge is -2.57. The van der Waals surface area contributed by atoms with E-state index >= 15 is 0 Å². The van der Waals surface area contributed by atoms with Crippen molar-refractivity contribution in [1.82, 2.24) is 0 Å². The van der Waals surface area contributed by atoms with Gasteiger partial charge in [0.25, 0.3) is 0 Å². The average molecular weight is 417 g/mol. The van der Waals surface area contributed by atoms with Crippen molar-refractivity contribution in [3.63, 3.8) is 0 Å². The molecule has 5 atom stereocenters. The normalized spacial score (nSPS) is 37.3. The number of hydrogen-bond acceptors (Lipinski definition) is 0. The Bertz CT molecular complexity index is 573. The second-order valence-corrected chi connectivity index (χ2v) is 9.72. The molecule has 0 saturated heterocycles. The fourth-order valence-corrected chi connectivity index (χ4v) is 7.24. The fourth-order valence-electron chi connectivity index (χ4n) is 7.24. The molecule has 0 aromatic heterocycles. The maximum Gasteiger partial charge on any atom is -0.00790 e. The molecule has 5 aliphatic carbocycles. The zero-order chi connectivity index (χ0) is 20.9. The van der Waals surface area contributed by atoms with Gasteiger partial charge < -0.3 is 0 Å². The van der Waals surface area contributed by atoms with E-state index in [4.69, 9.17) is 0 Å². The zero-order valence-electron chi connectivity index (χ0n) is 20.0. The average Bonchev–Trinajstić information content (AvgIpc) is 3.52. The van der Waals surface area contributed by atoms with E-state index in [2.05, 4.69) is 33.1 Å². The first-order chi connectivity index (χ1) is 13.6. The van der Waals surface area contributed by atoms with Crippen molar-refractivity contribution in [3.8, 4) is 0 Å². The summed E-state index contributed by atoms with van der Waals surface area (Å²) in [5.74, 6) is 3.13. The molecule has 0 spiro atoms. The van der Waals surface area contributed by atoms with Crippen molar-refractivity contribution in [2.24, 2.45) is 28.6 Å². The van der Waals surface area contributed by atoms with Gasteiger partial charge in [0.1, 0.15) is 0 Å². The van der Waals surface area contributed by atoms with Gasteiger partial charge in [-0.2, -0.15) is 0 Å². The van der Waals surface area contributed by atoms with E-state index in [-0.39, 0.29) is 14.9 Å². The zero-order valence-corrected chi connectivity index (χ0v) is 20.0. The summed E-state index contributed by atoms with van der Waals surface area (Å²) >= 11 is 0. The van der Waals surface area contributed by atoms with E-state index in [0.717, 1.165) is 17.8 Å². The van der Waals surface area contributed by atoms with E-state index in [1.165, 1.54) is 64.2 Å². The van der Waals surface area contributed by atoms with Crippen molar-refractivity contribution >= 4 is 0 Å². The number of hydrogen-bond donors (Lipinski definition) is 0. The molecular formula is C30H56. The summed E-state index contributed by atoms with van der Waals surface area (Å²) in [6.45, 7) is 19.3. The first kappa shape index (κ1) is 29.2. The molecule has 0 heterocycles. The van der Waals surface area contributed by atoms with Crippen LogP contribution in [0.2, 0.25) is 0 Å². The number of rotatable bonds is 0. The van der Waals surface area contributed by atoms with Gasteiger partial charge in [0.05, 0.1) is 0 Å². The lowest BCUT2D eigenvalue weighted by atomic mass is 9.47. The Morgan fingerprint density at radius 2 is 1.40 bits per heavy atom. The molecule has 0 aliphatic heterocycles. The summed E-state index contributed by atoms with van der Waals surface area (Å²) in [5, 5.41) is 0. The first-order valence-electron chi connectivity index (χ1n) is 12.5. The summed E-state index contributed by atoms with van der Waals surface area (Å²) in [6.07, 6.45) is 18.9. The van der Waals surface area contributed by atoms with Gasteiger partial charge in [-0.1, -0.05) is 80.0 Å². The third kappa shape index (κ3) is 5.16. The van der Waals surface area contributed by atoms with Gasteiger partial charge >= 0.3 is 0 Å². The quantitative estimate of drug-likeness (QED) is 0.344. The number of allylic oxidation sites excluding steroid dienone is 4. The number of fused-ring (bicyclic) bond motifs is 5. The fraction of sp³-hybridized carbons (Fsp3) is 0.800. The van der Waals surface area contributed by atoms with Gasteiger partial charge in [0, 0.05) is 0 Å². The smallest absolute Gasteiger partial charge is 0.00790 e. The van der Waals surface area contributed by atoms with Crippen LogP contribution in [0.25, 0.3) is 0 Å². The molecule has 5 unspecified atom stereocenters. The van der Waals surface area contributed by atoms with E-state index < -0.39 is 0 Å². The molecule has 0 bridgehead atoms. The molecule has 0 heteroatoms. The van der Waals surface area contributed by atoms with Crippen LogP contribution in [0.4, 0.5) is 0 Å². The van der Waals surface area contributed by atoms with E-state index in [1.807, 2.05) is 33.3 Å². The molecule has 0 nitrogen and oxygen atoms in total. The Morgan fingerprint density at radius 3 is 2.00 bits per heavy atom. The Morgan fingerprint density at radius 1 is 0.767 bits per heavy atom. The third-order valence-electron chi connectivity index (χ3n) is 8.73.